The second-order valence-corrected chi connectivity index (χ2v) is 7.68. The molecule has 2 amide bonds. The number of halogens is 1. The summed E-state index contributed by atoms with van der Waals surface area (Å²) in [4.78, 5) is 29.0. The Hall–Kier alpha value is -3.75. The van der Waals surface area contributed by atoms with Gasteiger partial charge in [-0.15, -0.1) is 5.10 Å². The van der Waals surface area contributed by atoms with Crippen molar-refractivity contribution in [2.45, 2.75) is 13.8 Å². The van der Waals surface area contributed by atoms with Crippen molar-refractivity contribution in [3.8, 4) is 11.4 Å². The number of benzene rings is 2. The lowest BCUT2D eigenvalue weighted by atomic mass is 10.1. The molecule has 2 aromatic carbocycles. The molecule has 1 aliphatic heterocycles. The van der Waals surface area contributed by atoms with E-state index in [-0.39, 0.29) is 17.5 Å². The van der Waals surface area contributed by atoms with E-state index in [4.69, 9.17) is 4.74 Å². The maximum absolute atomic E-state index is 13.8. The molecule has 2 heterocycles. The van der Waals surface area contributed by atoms with Crippen molar-refractivity contribution >= 4 is 11.8 Å². The predicted molar refractivity (Wildman–Crippen MR) is 116 cm³/mol. The normalized spacial score (nSPS) is 13.9. The van der Waals surface area contributed by atoms with Crippen molar-refractivity contribution in [3.63, 3.8) is 0 Å². The molecule has 1 aliphatic rings. The molecule has 4 rings (SSSR count). The molecular formula is C23H24FN5O3. The summed E-state index contributed by atoms with van der Waals surface area (Å²) >= 11 is 0. The van der Waals surface area contributed by atoms with Crippen LogP contribution in [0.1, 0.15) is 32.1 Å². The Labute approximate surface area is 185 Å². The summed E-state index contributed by atoms with van der Waals surface area (Å²) in [6.45, 7) is 4.92. The van der Waals surface area contributed by atoms with Crippen LogP contribution in [-0.4, -0.2) is 69.9 Å². The topological polar surface area (TPSA) is 80.6 Å². The smallest absolute Gasteiger partial charge is 0.276 e. The zero-order valence-electron chi connectivity index (χ0n) is 18.2. The molecule has 0 bridgehead atoms. The van der Waals surface area contributed by atoms with Gasteiger partial charge in [0, 0.05) is 31.7 Å². The standard InChI is InChI=1S/C23H24FN5O3/c1-15-4-5-17(14-20(15)24)22(30)27-10-12-28(13-11-27)23(31)21-16(2)29(26-25-21)18-6-8-19(32-3)9-7-18/h4-9,14H,10-13H2,1-3H3. The first-order valence-electron chi connectivity index (χ1n) is 10.3. The summed E-state index contributed by atoms with van der Waals surface area (Å²) in [7, 11) is 1.60. The van der Waals surface area contributed by atoms with E-state index in [1.165, 1.54) is 6.07 Å². The Balaban J connectivity index is 1.42. The van der Waals surface area contributed by atoms with Gasteiger partial charge < -0.3 is 14.5 Å². The van der Waals surface area contributed by atoms with Gasteiger partial charge in [0.1, 0.15) is 11.6 Å². The van der Waals surface area contributed by atoms with Crippen LogP contribution < -0.4 is 4.74 Å². The van der Waals surface area contributed by atoms with Crippen molar-refractivity contribution in [1.29, 1.82) is 0 Å². The monoisotopic (exact) mass is 437 g/mol. The largest absolute Gasteiger partial charge is 0.497 e. The Morgan fingerprint density at radius 1 is 0.938 bits per heavy atom. The van der Waals surface area contributed by atoms with Gasteiger partial charge in [0.15, 0.2) is 5.69 Å². The zero-order valence-corrected chi connectivity index (χ0v) is 18.2. The van der Waals surface area contributed by atoms with Crippen molar-refractivity contribution in [2.24, 2.45) is 0 Å². The van der Waals surface area contributed by atoms with Crippen LogP contribution in [0.2, 0.25) is 0 Å². The lowest BCUT2D eigenvalue weighted by molar-refractivity contribution is 0.0531. The van der Waals surface area contributed by atoms with Crippen LogP contribution in [-0.2, 0) is 0 Å². The first-order valence-corrected chi connectivity index (χ1v) is 10.3. The van der Waals surface area contributed by atoms with Gasteiger partial charge in [-0.3, -0.25) is 9.59 Å². The SMILES string of the molecule is COc1ccc(-n2nnc(C(=O)N3CCN(C(=O)c4ccc(C)c(F)c4)CC3)c2C)cc1. The number of nitrogens with zero attached hydrogens (tertiary/aromatic N) is 5. The fourth-order valence-corrected chi connectivity index (χ4v) is 3.67. The molecule has 0 aliphatic carbocycles. The number of amides is 2. The van der Waals surface area contributed by atoms with Crippen LogP contribution in [0, 0.1) is 19.7 Å². The Bertz CT molecular complexity index is 1150. The predicted octanol–water partition coefficient (Wildman–Crippen LogP) is 2.63. The minimum Gasteiger partial charge on any atom is -0.497 e. The molecule has 0 spiro atoms. The van der Waals surface area contributed by atoms with Crippen molar-refractivity contribution in [3.05, 3.63) is 70.8 Å². The zero-order chi connectivity index (χ0) is 22.8. The molecular weight excluding hydrogens is 413 g/mol. The highest BCUT2D eigenvalue weighted by Crippen LogP contribution is 2.19. The maximum atomic E-state index is 13.8. The van der Waals surface area contributed by atoms with Gasteiger partial charge in [-0.2, -0.15) is 0 Å². The highest BCUT2D eigenvalue weighted by molar-refractivity contribution is 5.95. The third-order valence-corrected chi connectivity index (χ3v) is 5.69. The van der Waals surface area contributed by atoms with E-state index < -0.39 is 5.82 Å². The van der Waals surface area contributed by atoms with Gasteiger partial charge >= 0.3 is 0 Å². The highest BCUT2D eigenvalue weighted by atomic mass is 19.1. The lowest BCUT2D eigenvalue weighted by Gasteiger charge is -2.34. The number of carbonyl (C=O) groups is 2. The fourth-order valence-electron chi connectivity index (χ4n) is 3.67. The number of aromatic nitrogens is 3. The number of methoxy groups -OCH3 is 1. The third-order valence-electron chi connectivity index (χ3n) is 5.69. The van der Waals surface area contributed by atoms with Crippen LogP contribution in [0.3, 0.4) is 0 Å². The summed E-state index contributed by atoms with van der Waals surface area (Å²) in [6.07, 6.45) is 0. The van der Waals surface area contributed by atoms with E-state index in [1.54, 1.807) is 47.6 Å². The molecule has 1 saturated heterocycles. The molecule has 0 unspecified atom stereocenters. The minimum atomic E-state index is -0.403. The molecule has 0 saturated carbocycles. The molecule has 3 aromatic rings. The molecule has 0 atom stereocenters. The number of hydrogen-bond acceptors (Lipinski definition) is 5. The Kier molecular flexibility index (Phi) is 5.89. The maximum Gasteiger partial charge on any atom is 0.276 e. The number of piperazine rings is 1. The van der Waals surface area contributed by atoms with Gasteiger partial charge in [-0.05, 0) is 55.8 Å². The van der Waals surface area contributed by atoms with E-state index in [9.17, 15) is 14.0 Å². The van der Waals surface area contributed by atoms with Gasteiger partial charge in [-0.1, -0.05) is 11.3 Å². The molecule has 32 heavy (non-hydrogen) atoms. The van der Waals surface area contributed by atoms with Crippen molar-refractivity contribution < 1.29 is 18.7 Å². The number of rotatable bonds is 4. The number of carbonyl (C=O) groups excluding carboxylic acids is 2. The van der Waals surface area contributed by atoms with E-state index in [2.05, 4.69) is 10.3 Å². The van der Waals surface area contributed by atoms with Crippen LogP contribution in [0.4, 0.5) is 4.39 Å². The molecule has 9 heteroatoms. The van der Waals surface area contributed by atoms with Crippen LogP contribution in [0.15, 0.2) is 42.5 Å². The van der Waals surface area contributed by atoms with Gasteiger partial charge in [0.2, 0.25) is 0 Å². The number of ether oxygens (including phenoxy) is 1. The first-order chi connectivity index (χ1) is 15.4. The summed E-state index contributed by atoms with van der Waals surface area (Å²) in [5.41, 5.74) is 2.49. The minimum absolute atomic E-state index is 0.226. The van der Waals surface area contributed by atoms with E-state index in [1.807, 2.05) is 24.3 Å². The fraction of sp³-hybridized carbons (Fsp3) is 0.304. The summed E-state index contributed by atoms with van der Waals surface area (Å²) < 4.78 is 20.6. The van der Waals surface area contributed by atoms with Crippen molar-refractivity contribution in [1.82, 2.24) is 24.8 Å². The van der Waals surface area contributed by atoms with Crippen LogP contribution in [0.5, 0.6) is 5.75 Å². The van der Waals surface area contributed by atoms with E-state index in [0.29, 0.717) is 43.0 Å². The molecule has 0 radical (unpaired) electrons. The second kappa shape index (κ2) is 8.78. The summed E-state index contributed by atoms with van der Waals surface area (Å²) in [5.74, 6) is -0.142. The van der Waals surface area contributed by atoms with Gasteiger partial charge in [-0.25, -0.2) is 9.07 Å². The average Bonchev–Trinajstić information content (AvgIpc) is 3.21. The first kappa shape index (κ1) is 21.5. The number of hydrogen-bond donors (Lipinski definition) is 0. The Morgan fingerprint density at radius 2 is 1.56 bits per heavy atom. The van der Waals surface area contributed by atoms with E-state index >= 15 is 0 Å². The van der Waals surface area contributed by atoms with Gasteiger partial charge in [0.05, 0.1) is 18.5 Å². The highest BCUT2D eigenvalue weighted by Gasteiger charge is 2.28. The summed E-state index contributed by atoms with van der Waals surface area (Å²) in [5, 5.41) is 8.23. The van der Waals surface area contributed by atoms with Crippen molar-refractivity contribution in [2.75, 3.05) is 33.3 Å². The average molecular weight is 437 g/mol. The summed E-state index contributed by atoms with van der Waals surface area (Å²) in [6, 6.07) is 11.8. The van der Waals surface area contributed by atoms with Gasteiger partial charge in [0.25, 0.3) is 11.8 Å². The second-order valence-electron chi connectivity index (χ2n) is 7.68. The van der Waals surface area contributed by atoms with Crippen LogP contribution in [0.25, 0.3) is 5.69 Å². The Morgan fingerprint density at radius 3 is 2.16 bits per heavy atom. The molecule has 1 fully saturated rings. The third kappa shape index (κ3) is 4.05. The lowest BCUT2D eigenvalue weighted by Crippen LogP contribution is -2.50. The van der Waals surface area contributed by atoms with Crippen LogP contribution >= 0.6 is 0 Å². The molecule has 166 valence electrons. The quantitative estimate of drug-likeness (QED) is 0.627. The number of aryl methyl sites for hydroxylation is 1. The molecule has 1 aromatic heterocycles. The molecule has 0 N–H and O–H groups in total. The van der Waals surface area contributed by atoms with E-state index in [0.717, 1.165) is 11.4 Å². The molecule has 8 nitrogen and oxygen atoms in total.